The van der Waals surface area contributed by atoms with Crippen molar-refractivity contribution in [2.45, 2.75) is 70.5 Å². The van der Waals surface area contributed by atoms with Gasteiger partial charge < -0.3 is 14.3 Å². The van der Waals surface area contributed by atoms with Crippen LogP contribution in [-0.2, 0) is 25.6 Å². The van der Waals surface area contributed by atoms with Crippen molar-refractivity contribution in [3.63, 3.8) is 0 Å². The van der Waals surface area contributed by atoms with Crippen molar-refractivity contribution >= 4 is 11.9 Å². The van der Waals surface area contributed by atoms with Crippen molar-refractivity contribution in [1.29, 1.82) is 0 Å². The largest absolute Gasteiger partial charge is 0.445 e. The minimum atomic E-state index is -1.11. The number of ether oxygens (including phenoxy) is 2. The molecule has 0 unspecified atom stereocenters. The smallest absolute Gasteiger partial charge is 0.308 e. The van der Waals surface area contributed by atoms with E-state index < -0.39 is 34.1 Å². The lowest BCUT2D eigenvalue weighted by atomic mass is 9.52. The molecule has 4 rings (SSSR count). The predicted octanol–water partition coefficient (Wildman–Crippen LogP) is 3.59. The molecule has 0 aliphatic heterocycles. The van der Waals surface area contributed by atoms with Crippen LogP contribution in [0.1, 0.15) is 63.5 Å². The van der Waals surface area contributed by atoms with Gasteiger partial charge >= 0.3 is 11.9 Å². The minimum absolute atomic E-state index is 0.0940. The zero-order valence-electron chi connectivity index (χ0n) is 18.5. The second-order valence-corrected chi connectivity index (χ2v) is 9.38. The van der Waals surface area contributed by atoms with E-state index in [-0.39, 0.29) is 17.8 Å². The Bertz CT molecular complexity index is 1010. The number of rotatable bonds is 4. The van der Waals surface area contributed by atoms with E-state index >= 15 is 0 Å². The van der Waals surface area contributed by atoms with E-state index in [1.165, 1.54) is 13.8 Å². The molecule has 0 spiro atoms. The Balaban J connectivity index is 1.76. The highest BCUT2D eigenvalue weighted by molar-refractivity contribution is 5.69. The van der Waals surface area contributed by atoms with Crippen molar-refractivity contribution in [3.8, 4) is 18.1 Å². The Morgan fingerprint density at radius 3 is 2.62 bits per heavy atom. The van der Waals surface area contributed by atoms with Gasteiger partial charge in [0.05, 0.1) is 0 Å². The van der Waals surface area contributed by atoms with E-state index in [0.29, 0.717) is 18.6 Å². The Kier molecular flexibility index (Phi) is 5.40. The molecule has 1 aromatic rings. The van der Waals surface area contributed by atoms with Gasteiger partial charge in [0.15, 0.2) is 5.60 Å². The maximum Gasteiger partial charge on any atom is 0.308 e. The minimum Gasteiger partial charge on any atom is -0.445 e. The van der Waals surface area contributed by atoms with Crippen LogP contribution in [-0.4, -0.2) is 28.7 Å². The number of hydrogen-bond acceptors (Lipinski definition) is 7. The molecule has 0 saturated heterocycles. The molecule has 8 nitrogen and oxygen atoms in total. The number of carbonyl (C=O) groups is 2. The second-order valence-electron chi connectivity index (χ2n) is 9.38. The van der Waals surface area contributed by atoms with Crippen molar-refractivity contribution in [3.05, 3.63) is 39.4 Å². The molecule has 0 bridgehead atoms. The summed E-state index contributed by atoms with van der Waals surface area (Å²) >= 11 is 0. The van der Waals surface area contributed by atoms with Crippen LogP contribution in [0.15, 0.2) is 18.2 Å². The maximum absolute atomic E-state index is 11.9. The molecule has 2 saturated carbocycles. The van der Waals surface area contributed by atoms with Crippen LogP contribution in [0.3, 0.4) is 0 Å². The highest BCUT2D eigenvalue weighted by Gasteiger charge is 2.66. The highest BCUT2D eigenvalue weighted by atomic mass is 17.0. The molecule has 8 heteroatoms. The summed E-state index contributed by atoms with van der Waals surface area (Å²) in [6.45, 7) is 4.67. The summed E-state index contributed by atoms with van der Waals surface area (Å²) in [4.78, 5) is 39.9. The van der Waals surface area contributed by atoms with E-state index in [4.69, 9.17) is 20.7 Å². The number of hydrogen-bond donors (Lipinski definition) is 0. The lowest BCUT2D eigenvalue weighted by Gasteiger charge is -2.54. The number of aryl methyl sites for hydroxylation is 1. The maximum atomic E-state index is 11.9. The van der Waals surface area contributed by atoms with Crippen LogP contribution >= 0.6 is 0 Å². The van der Waals surface area contributed by atoms with Gasteiger partial charge in [0.2, 0.25) is 0 Å². The first-order chi connectivity index (χ1) is 15.1. The Labute approximate surface area is 186 Å². The number of esters is 2. The van der Waals surface area contributed by atoms with Crippen molar-refractivity contribution < 1.29 is 29.0 Å². The summed E-state index contributed by atoms with van der Waals surface area (Å²) in [5.41, 5.74) is 0.250. The normalized spacial score (nSPS) is 34.8. The molecule has 0 N–H and O–H groups in total. The van der Waals surface area contributed by atoms with Crippen LogP contribution in [0.25, 0.3) is 0 Å². The van der Waals surface area contributed by atoms with Gasteiger partial charge in [0.1, 0.15) is 11.9 Å². The summed E-state index contributed by atoms with van der Waals surface area (Å²) in [6, 6.07) is 5.45. The van der Waals surface area contributed by atoms with E-state index in [1.54, 1.807) is 6.07 Å². The third-order valence-corrected chi connectivity index (χ3v) is 7.81. The molecule has 6 atom stereocenters. The summed E-state index contributed by atoms with van der Waals surface area (Å²) in [5.74, 6) is 2.39. The van der Waals surface area contributed by atoms with Gasteiger partial charge in [-0.3, -0.25) is 9.59 Å². The van der Waals surface area contributed by atoms with Crippen LogP contribution in [0, 0.1) is 39.7 Å². The van der Waals surface area contributed by atoms with Gasteiger partial charge in [-0.25, -0.2) is 0 Å². The zero-order valence-corrected chi connectivity index (χ0v) is 18.5. The van der Waals surface area contributed by atoms with Gasteiger partial charge in [-0.2, -0.15) is 0 Å². The first-order valence-corrected chi connectivity index (χ1v) is 10.9. The molecule has 0 amide bonds. The fraction of sp³-hybridized carbons (Fsp3) is 0.583. The summed E-state index contributed by atoms with van der Waals surface area (Å²) in [5, 5.41) is 10.7. The lowest BCUT2D eigenvalue weighted by Crippen LogP contribution is -2.56. The molecular weight excluding hydrogens is 414 g/mol. The highest BCUT2D eigenvalue weighted by Crippen LogP contribution is 2.65. The fourth-order valence-corrected chi connectivity index (χ4v) is 6.72. The zero-order chi connectivity index (χ0) is 23.3. The third-order valence-electron chi connectivity index (χ3n) is 7.81. The van der Waals surface area contributed by atoms with Crippen LogP contribution < -0.4 is 4.74 Å². The van der Waals surface area contributed by atoms with E-state index in [9.17, 15) is 19.7 Å². The molecule has 3 aliphatic rings. The number of benzene rings is 1. The Hall–Kier alpha value is -3.08. The van der Waals surface area contributed by atoms with Gasteiger partial charge in [-0.15, -0.1) is 16.5 Å². The van der Waals surface area contributed by atoms with Crippen molar-refractivity contribution in [2.75, 3.05) is 0 Å². The number of fused-ring (bicyclic) bond motifs is 5. The number of carbonyl (C=O) groups excluding carboxylic acids is 2. The molecule has 1 aromatic carbocycles. The Morgan fingerprint density at radius 1 is 1.25 bits per heavy atom. The van der Waals surface area contributed by atoms with E-state index in [0.717, 1.165) is 30.4 Å². The number of nitrogens with zero attached hydrogens (tertiary/aromatic N) is 1. The molecular formula is C24H27NO7. The van der Waals surface area contributed by atoms with Crippen molar-refractivity contribution in [1.82, 2.24) is 0 Å². The topological polar surface area (TPSA) is 105 Å². The van der Waals surface area contributed by atoms with Crippen LogP contribution in [0.5, 0.6) is 5.75 Å². The summed E-state index contributed by atoms with van der Waals surface area (Å²) < 4.78 is 10.9. The second kappa shape index (κ2) is 7.80. The molecule has 3 aliphatic carbocycles. The van der Waals surface area contributed by atoms with Gasteiger partial charge in [-0.05, 0) is 67.2 Å². The first kappa shape index (κ1) is 22.1. The number of terminal acetylenes is 1. The Morgan fingerprint density at radius 2 is 2.00 bits per heavy atom. The van der Waals surface area contributed by atoms with Crippen molar-refractivity contribution in [2.24, 2.45) is 17.3 Å². The van der Waals surface area contributed by atoms with Crippen LogP contribution in [0.2, 0.25) is 0 Å². The van der Waals surface area contributed by atoms with Crippen LogP contribution in [0.4, 0.5) is 0 Å². The average molecular weight is 441 g/mol. The van der Waals surface area contributed by atoms with Gasteiger partial charge in [-0.1, -0.05) is 18.9 Å². The molecule has 0 radical (unpaired) electrons. The monoisotopic (exact) mass is 441 g/mol. The SMILES string of the molecule is C#C[C@]1(OC(C)=O)CC[C@H]2[C@@H]3CCc4cc(OC(C)=O)ccc4[C@H]3[C@@H](O[N+](=O)[O-])C[C@@]21C. The molecule has 170 valence electrons. The summed E-state index contributed by atoms with van der Waals surface area (Å²) in [7, 11) is 0. The molecule has 2 fully saturated rings. The fourth-order valence-electron chi connectivity index (χ4n) is 6.72. The first-order valence-electron chi connectivity index (χ1n) is 10.9. The standard InChI is InChI=1S/C24H27NO7/c1-5-24(31-15(3)27)11-10-20-19-8-6-16-12-17(30-14(2)26)7-9-18(16)22(19)21(32-25(28)29)13-23(20,24)4/h1,7,9,12,19-22H,6,8,10-11,13H2,2-4H3/t19-,20-,21-,22+,23-,24-/m0/s1. The lowest BCUT2D eigenvalue weighted by molar-refractivity contribution is -0.771. The molecule has 0 heterocycles. The summed E-state index contributed by atoms with van der Waals surface area (Å²) in [6.07, 6.45) is 8.34. The quantitative estimate of drug-likeness (QED) is 0.231. The average Bonchev–Trinajstić information content (AvgIpc) is 2.98. The molecule has 0 aromatic heterocycles. The molecule has 32 heavy (non-hydrogen) atoms. The third kappa shape index (κ3) is 3.40. The predicted molar refractivity (Wildman–Crippen MR) is 113 cm³/mol. The van der Waals surface area contributed by atoms with Gasteiger partial charge in [0.25, 0.3) is 5.09 Å². The van der Waals surface area contributed by atoms with E-state index in [1.807, 2.05) is 19.1 Å². The van der Waals surface area contributed by atoms with Gasteiger partial charge in [0, 0.05) is 25.2 Å². The van der Waals surface area contributed by atoms with E-state index in [2.05, 4.69) is 5.92 Å².